The van der Waals surface area contributed by atoms with E-state index >= 15 is 0 Å². The van der Waals surface area contributed by atoms with Crippen molar-refractivity contribution in [2.24, 2.45) is 0 Å². The molecule has 6 nitrogen and oxygen atoms in total. The Bertz CT molecular complexity index is 847. The Morgan fingerprint density at radius 2 is 1.76 bits per heavy atom. The van der Waals surface area contributed by atoms with Gasteiger partial charge in [-0.3, -0.25) is 4.57 Å². The molecule has 1 atom stereocenters. The second kappa shape index (κ2) is 6.76. The first-order valence-corrected chi connectivity index (χ1v) is 8.41. The maximum atomic E-state index is 12.7. The quantitative estimate of drug-likeness (QED) is 0.796. The third-order valence-electron chi connectivity index (χ3n) is 4.45. The average molecular weight is 333 g/mol. The fourth-order valence-corrected chi connectivity index (χ4v) is 3.25. The van der Waals surface area contributed by atoms with Crippen LogP contribution in [0.5, 0.6) is 0 Å². The van der Waals surface area contributed by atoms with Crippen molar-refractivity contribution in [1.29, 1.82) is 0 Å². The van der Waals surface area contributed by atoms with E-state index in [2.05, 4.69) is 15.5 Å². The van der Waals surface area contributed by atoms with Crippen LogP contribution in [-0.2, 0) is 0 Å². The zero-order chi connectivity index (χ0) is 17.1. The van der Waals surface area contributed by atoms with Gasteiger partial charge in [0.15, 0.2) is 5.82 Å². The molecule has 1 aliphatic heterocycles. The SMILES string of the molecule is O=C(Nc1ccccc1)N1CCCC1c1nncn1-c1ccccc1. The van der Waals surface area contributed by atoms with Crippen LogP contribution in [0.1, 0.15) is 24.7 Å². The van der Waals surface area contributed by atoms with Crippen LogP contribution in [0.3, 0.4) is 0 Å². The van der Waals surface area contributed by atoms with E-state index in [-0.39, 0.29) is 12.1 Å². The molecule has 126 valence electrons. The van der Waals surface area contributed by atoms with Crippen LogP contribution in [-0.4, -0.2) is 32.2 Å². The lowest BCUT2D eigenvalue weighted by molar-refractivity contribution is 0.204. The highest BCUT2D eigenvalue weighted by molar-refractivity contribution is 5.89. The van der Waals surface area contributed by atoms with Gasteiger partial charge in [-0.15, -0.1) is 10.2 Å². The molecular formula is C19H19N5O. The Morgan fingerprint density at radius 1 is 1.04 bits per heavy atom. The average Bonchev–Trinajstić information content (AvgIpc) is 3.32. The number of hydrogen-bond acceptors (Lipinski definition) is 3. The fourth-order valence-electron chi connectivity index (χ4n) is 3.25. The number of urea groups is 1. The Kier molecular flexibility index (Phi) is 4.16. The van der Waals surface area contributed by atoms with Gasteiger partial charge in [-0.2, -0.15) is 0 Å². The van der Waals surface area contributed by atoms with Crippen LogP contribution in [0.15, 0.2) is 67.0 Å². The van der Waals surface area contributed by atoms with Crippen molar-refractivity contribution in [1.82, 2.24) is 19.7 Å². The van der Waals surface area contributed by atoms with E-state index in [1.165, 1.54) is 0 Å². The first-order chi connectivity index (χ1) is 12.3. The third kappa shape index (κ3) is 3.10. The monoisotopic (exact) mass is 333 g/mol. The van der Waals surface area contributed by atoms with Gasteiger partial charge in [0, 0.05) is 17.9 Å². The standard InChI is InChI=1S/C19H19N5O/c25-19(21-15-8-3-1-4-9-15)23-13-7-12-17(23)18-22-20-14-24(18)16-10-5-2-6-11-16/h1-6,8-11,14,17H,7,12-13H2,(H,21,25). The Balaban J connectivity index is 1.58. The summed E-state index contributed by atoms with van der Waals surface area (Å²) in [6.07, 6.45) is 3.54. The molecule has 3 aromatic rings. The summed E-state index contributed by atoms with van der Waals surface area (Å²) in [6.45, 7) is 0.713. The lowest BCUT2D eigenvalue weighted by atomic mass is 10.2. The molecule has 0 radical (unpaired) electrons. The summed E-state index contributed by atoms with van der Waals surface area (Å²) in [6, 6.07) is 19.3. The number of anilines is 1. The molecule has 1 unspecified atom stereocenters. The molecule has 0 spiro atoms. The number of carbonyl (C=O) groups is 1. The maximum Gasteiger partial charge on any atom is 0.322 e. The summed E-state index contributed by atoms with van der Waals surface area (Å²) < 4.78 is 1.96. The van der Waals surface area contributed by atoms with Gasteiger partial charge in [-0.25, -0.2) is 4.79 Å². The van der Waals surface area contributed by atoms with Gasteiger partial charge in [0.2, 0.25) is 0 Å². The van der Waals surface area contributed by atoms with E-state index in [0.29, 0.717) is 6.54 Å². The lowest BCUT2D eigenvalue weighted by Crippen LogP contribution is -2.35. The molecule has 2 heterocycles. The van der Waals surface area contributed by atoms with Crippen LogP contribution < -0.4 is 5.32 Å². The highest BCUT2D eigenvalue weighted by Gasteiger charge is 2.33. The van der Waals surface area contributed by atoms with E-state index < -0.39 is 0 Å². The number of para-hydroxylation sites is 2. The van der Waals surface area contributed by atoms with E-state index in [0.717, 1.165) is 30.0 Å². The first kappa shape index (κ1) is 15.4. The highest BCUT2D eigenvalue weighted by atomic mass is 16.2. The molecule has 1 aromatic heterocycles. The van der Waals surface area contributed by atoms with Crippen LogP contribution in [0.4, 0.5) is 10.5 Å². The topological polar surface area (TPSA) is 63.1 Å². The Labute approximate surface area is 146 Å². The van der Waals surface area contributed by atoms with Crippen LogP contribution in [0, 0.1) is 0 Å². The van der Waals surface area contributed by atoms with Gasteiger partial charge in [-0.1, -0.05) is 36.4 Å². The molecule has 2 aromatic carbocycles. The maximum absolute atomic E-state index is 12.7. The summed E-state index contributed by atoms with van der Waals surface area (Å²) in [5, 5.41) is 11.3. The third-order valence-corrected chi connectivity index (χ3v) is 4.45. The number of amides is 2. The molecule has 4 rings (SSSR count). The molecule has 1 N–H and O–H groups in total. The molecule has 0 saturated carbocycles. The second-order valence-electron chi connectivity index (χ2n) is 6.04. The van der Waals surface area contributed by atoms with Crippen LogP contribution in [0.25, 0.3) is 5.69 Å². The summed E-state index contributed by atoms with van der Waals surface area (Å²) >= 11 is 0. The summed E-state index contributed by atoms with van der Waals surface area (Å²) in [4.78, 5) is 14.6. The lowest BCUT2D eigenvalue weighted by Gasteiger charge is -2.24. The van der Waals surface area contributed by atoms with E-state index in [4.69, 9.17) is 0 Å². The van der Waals surface area contributed by atoms with E-state index in [9.17, 15) is 4.79 Å². The minimum Gasteiger partial charge on any atom is -0.314 e. The molecule has 2 amide bonds. The molecule has 1 aliphatic rings. The van der Waals surface area contributed by atoms with Crippen molar-refractivity contribution in [3.63, 3.8) is 0 Å². The minimum atomic E-state index is -0.101. The fraction of sp³-hybridized carbons (Fsp3) is 0.211. The second-order valence-corrected chi connectivity index (χ2v) is 6.04. The van der Waals surface area contributed by atoms with Gasteiger partial charge < -0.3 is 10.2 Å². The molecular weight excluding hydrogens is 314 g/mol. The highest BCUT2D eigenvalue weighted by Crippen LogP contribution is 2.32. The van der Waals surface area contributed by atoms with E-state index in [1.54, 1.807) is 6.33 Å². The number of nitrogens with zero attached hydrogens (tertiary/aromatic N) is 4. The number of benzene rings is 2. The number of likely N-dealkylation sites (tertiary alicyclic amines) is 1. The number of aromatic nitrogens is 3. The number of carbonyl (C=O) groups excluding carboxylic acids is 1. The summed E-state index contributed by atoms with van der Waals surface area (Å²) in [7, 11) is 0. The van der Waals surface area contributed by atoms with Gasteiger partial charge in [0.05, 0.1) is 6.04 Å². The molecule has 25 heavy (non-hydrogen) atoms. The predicted octanol–water partition coefficient (Wildman–Crippen LogP) is 3.64. The number of nitrogens with one attached hydrogen (secondary N) is 1. The van der Waals surface area contributed by atoms with Crippen LogP contribution >= 0.6 is 0 Å². The van der Waals surface area contributed by atoms with Crippen molar-refractivity contribution >= 4 is 11.7 Å². The molecule has 0 bridgehead atoms. The minimum absolute atomic E-state index is 0.0774. The van der Waals surface area contributed by atoms with Crippen molar-refractivity contribution in [2.75, 3.05) is 11.9 Å². The summed E-state index contributed by atoms with van der Waals surface area (Å²) in [5.74, 6) is 0.798. The first-order valence-electron chi connectivity index (χ1n) is 8.41. The Morgan fingerprint density at radius 3 is 2.52 bits per heavy atom. The normalized spacial score (nSPS) is 16.8. The van der Waals surface area contributed by atoms with Crippen molar-refractivity contribution < 1.29 is 4.79 Å². The molecule has 6 heteroatoms. The summed E-state index contributed by atoms with van der Waals surface area (Å²) in [5.41, 5.74) is 1.79. The van der Waals surface area contributed by atoms with Crippen molar-refractivity contribution in [3.8, 4) is 5.69 Å². The van der Waals surface area contributed by atoms with E-state index in [1.807, 2.05) is 70.1 Å². The smallest absolute Gasteiger partial charge is 0.314 e. The van der Waals surface area contributed by atoms with Crippen molar-refractivity contribution in [3.05, 3.63) is 72.8 Å². The van der Waals surface area contributed by atoms with Gasteiger partial charge >= 0.3 is 6.03 Å². The van der Waals surface area contributed by atoms with Gasteiger partial charge in [0.25, 0.3) is 0 Å². The van der Waals surface area contributed by atoms with Crippen molar-refractivity contribution in [2.45, 2.75) is 18.9 Å². The zero-order valence-electron chi connectivity index (χ0n) is 13.7. The molecule has 0 aliphatic carbocycles. The molecule has 1 fully saturated rings. The number of hydrogen-bond donors (Lipinski definition) is 1. The zero-order valence-corrected chi connectivity index (χ0v) is 13.7. The van der Waals surface area contributed by atoms with Gasteiger partial charge in [0.1, 0.15) is 6.33 Å². The predicted molar refractivity (Wildman–Crippen MR) is 95.5 cm³/mol. The van der Waals surface area contributed by atoms with Gasteiger partial charge in [-0.05, 0) is 37.1 Å². The Hall–Kier alpha value is -3.15. The van der Waals surface area contributed by atoms with Crippen LogP contribution in [0.2, 0.25) is 0 Å². The molecule has 1 saturated heterocycles. The number of rotatable bonds is 3. The largest absolute Gasteiger partial charge is 0.322 e.